The van der Waals surface area contributed by atoms with Crippen LogP contribution in [-0.4, -0.2) is 23.2 Å². The van der Waals surface area contributed by atoms with E-state index < -0.39 is 0 Å². The Morgan fingerprint density at radius 3 is 3.07 bits per heavy atom. The monoisotopic (exact) mass is 228 g/mol. The SMILES string of the molecule is S=C1NCCN(c2cccc(Cl)n2)N1. The number of halogens is 1. The highest BCUT2D eigenvalue weighted by atomic mass is 35.5. The van der Waals surface area contributed by atoms with E-state index in [9.17, 15) is 0 Å². The van der Waals surface area contributed by atoms with Crippen LogP contribution in [0.1, 0.15) is 0 Å². The molecule has 0 aromatic carbocycles. The van der Waals surface area contributed by atoms with Crippen molar-refractivity contribution in [1.82, 2.24) is 15.7 Å². The number of rotatable bonds is 1. The van der Waals surface area contributed by atoms with E-state index in [1.165, 1.54) is 0 Å². The molecule has 1 aliphatic heterocycles. The van der Waals surface area contributed by atoms with Crippen molar-refractivity contribution in [1.29, 1.82) is 0 Å². The van der Waals surface area contributed by atoms with Crippen LogP contribution in [0.5, 0.6) is 0 Å². The van der Waals surface area contributed by atoms with Gasteiger partial charge in [0.25, 0.3) is 0 Å². The third kappa shape index (κ3) is 2.05. The first-order chi connectivity index (χ1) is 6.75. The molecule has 0 unspecified atom stereocenters. The predicted octanol–water partition coefficient (Wildman–Crippen LogP) is 0.934. The second kappa shape index (κ2) is 3.98. The van der Waals surface area contributed by atoms with Gasteiger partial charge in [-0.15, -0.1) is 0 Å². The lowest BCUT2D eigenvalue weighted by Gasteiger charge is -2.30. The number of pyridine rings is 1. The van der Waals surface area contributed by atoms with Gasteiger partial charge < -0.3 is 5.32 Å². The normalized spacial score (nSPS) is 16.1. The largest absolute Gasteiger partial charge is 0.359 e. The minimum absolute atomic E-state index is 0.480. The van der Waals surface area contributed by atoms with E-state index in [4.69, 9.17) is 23.8 Å². The Hall–Kier alpha value is -1.07. The van der Waals surface area contributed by atoms with Crippen LogP contribution in [0, 0.1) is 0 Å². The Kier molecular flexibility index (Phi) is 2.69. The van der Waals surface area contributed by atoms with Crippen molar-refractivity contribution in [3.05, 3.63) is 23.4 Å². The van der Waals surface area contributed by atoms with E-state index in [0.29, 0.717) is 10.3 Å². The van der Waals surface area contributed by atoms with Gasteiger partial charge in [0, 0.05) is 6.54 Å². The first kappa shape index (κ1) is 9.48. The summed E-state index contributed by atoms with van der Waals surface area (Å²) >= 11 is 10.8. The molecule has 0 aliphatic carbocycles. The molecule has 0 bridgehead atoms. The van der Waals surface area contributed by atoms with Crippen LogP contribution in [0.3, 0.4) is 0 Å². The van der Waals surface area contributed by atoms with Crippen LogP contribution < -0.4 is 15.8 Å². The van der Waals surface area contributed by atoms with Crippen molar-refractivity contribution < 1.29 is 0 Å². The molecule has 74 valence electrons. The molecule has 14 heavy (non-hydrogen) atoms. The van der Waals surface area contributed by atoms with Gasteiger partial charge in [-0.1, -0.05) is 17.7 Å². The fourth-order valence-electron chi connectivity index (χ4n) is 1.22. The number of anilines is 1. The Labute approximate surface area is 92.2 Å². The van der Waals surface area contributed by atoms with Crippen LogP contribution in [-0.2, 0) is 0 Å². The van der Waals surface area contributed by atoms with E-state index in [-0.39, 0.29) is 0 Å². The van der Waals surface area contributed by atoms with Gasteiger partial charge in [0.2, 0.25) is 0 Å². The average Bonchev–Trinajstić information content (AvgIpc) is 2.18. The topological polar surface area (TPSA) is 40.2 Å². The molecule has 0 amide bonds. The quantitative estimate of drug-likeness (QED) is 0.553. The number of aromatic nitrogens is 1. The molecule has 0 spiro atoms. The minimum atomic E-state index is 0.480. The van der Waals surface area contributed by atoms with Crippen molar-refractivity contribution in [2.45, 2.75) is 0 Å². The van der Waals surface area contributed by atoms with Crippen molar-refractivity contribution in [3.63, 3.8) is 0 Å². The predicted molar refractivity (Wildman–Crippen MR) is 60.3 cm³/mol. The molecular weight excluding hydrogens is 220 g/mol. The highest BCUT2D eigenvalue weighted by molar-refractivity contribution is 7.80. The van der Waals surface area contributed by atoms with Crippen molar-refractivity contribution in [2.75, 3.05) is 18.1 Å². The van der Waals surface area contributed by atoms with Crippen LogP contribution in [0.25, 0.3) is 0 Å². The highest BCUT2D eigenvalue weighted by Gasteiger charge is 2.13. The molecule has 0 atom stereocenters. The van der Waals surface area contributed by atoms with Gasteiger partial charge in [-0.05, 0) is 24.4 Å². The van der Waals surface area contributed by atoms with Gasteiger partial charge >= 0.3 is 0 Å². The summed E-state index contributed by atoms with van der Waals surface area (Å²) in [6, 6.07) is 5.48. The molecule has 1 aromatic rings. The van der Waals surface area contributed by atoms with Crippen LogP contribution in [0.15, 0.2) is 18.2 Å². The summed E-state index contributed by atoms with van der Waals surface area (Å²) in [6.07, 6.45) is 0. The fraction of sp³-hybridized carbons (Fsp3) is 0.250. The first-order valence-corrected chi connectivity index (χ1v) is 4.99. The molecule has 2 N–H and O–H groups in total. The lowest BCUT2D eigenvalue weighted by Crippen LogP contribution is -2.56. The Morgan fingerprint density at radius 1 is 1.50 bits per heavy atom. The number of thiocarbonyl (C=S) groups is 1. The van der Waals surface area contributed by atoms with Crippen molar-refractivity contribution in [3.8, 4) is 0 Å². The fourth-order valence-corrected chi connectivity index (χ4v) is 1.59. The molecule has 1 aliphatic rings. The standard InChI is InChI=1S/C8H9ClN4S/c9-6-2-1-3-7(11-6)13-5-4-10-8(14)12-13/h1-3H,4-5H2,(H2,10,12,14). The number of hydrogen-bond acceptors (Lipinski definition) is 3. The molecule has 4 nitrogen and oxygen atoms in total. The number of hydrogen-bond donors (Lipinski definition) is 2. The lowest BCUT2D eigenvalue weighted by molar-refractivity contribution is 0.661. The zero-order valence-electron chi connectivity index (χ0n) is 7.33. The molecule has 6 heteroatoms. The molecule has 1 fully saturated rings. The second-order valence-electron chi connectivity index (χ2n) is 2.84. The van der Waals surface area contributed by atoms with Crippen LogP contribution in [0.2, 0.25) is 5.15 Å². The van der Waals surface area contributed by atoms with E-state index >= 15 is 0 Å². The third-order valence-electron chi connectivity index (χ3n) is 1.83. The maximum absolute atomic E-state index is 5.79. The molecule has 1 aromatic heterocycles. The summed E-state index contributed by atoms with van der Waals surface area (Å²) in [6.45, 7) is 1.60. The second-order valence-corrected chi connectivity index (χ2v) is 3.63. The zero-order chi connectivity index (χ0) is 9.97. The first-order valence-electron chi connectivity index (χ1n) is 4.20. The molecule has 0 saturated carbocycles. The Balaban J connectivity index is 2.17. The van der Waals surface area contributed by atoms with Crippen LogP contribution in [0.4, 0.5) is 5.82 Å². The van der Waals surface area contributed by atoms with Gasteiger partial charge in [0.1, 0.15) is 11.0 Å². The maximum atomic E-state index is 5.79. The van der Waals surface area contributed by atoms with E-state index in [2.05, 4.69) is 15.7 Å². The maximum Gasteiger partial charge on any atom is 0.185 e. The van der Waals surface area contributed by atoms with Gasteiger partial charge in [0.15, 0.2) is 5.11 Å². The molecule has 2 rings (SSSR count). The van der Waals surface area contributed by atoms with Crippen molar-refractivity contribution in [2.24, 2.45) is 0 Å². The third-order valence-corrected chi connectivity index (χ3v) is 2.28. The van der Waals surface area contributed by atoms with E-state index in [0.717, 1.165) is 18.9 Å². The van der Waals surface area contributed by atoms with Gasteiger partial charge in [0.05, 0.1) is 6.54 Å². The van der Waals surface area contributed by atoms with Crippen molar-refractivity contribution >= 4 is 34.7 Å². The number of nitrogens with one attached hydrogen (secondary N) is 2. The number of hydrazine groups is 1. The highest BCUT2D eigenvalue weighted by Crippen LogP contribution is 2.13. The summed E-state index contributed by atoms with van der Waals surface area (Å²) in [4.78, 5) is 4.17. The lowest BCUT2D eigenvalue weighted by atomic mass is 10.4. The summed E-state index contributed by atoms with van der Waals surface area (Å²) in [5.74, 6) is 0.779. The molecular formula is C8H9ClN4S. The molecule has 1 saturated heterocycles. The van der Waals surface area contributed by atoms with E-state index in [1.807, 2.05) is 17.1 Å². The summed E-state index contributed by atoms with van der Waals surface area (Å²) in [5.41, 5.74) is 2.99. The van der Waals surface area contributed by atoms with Crippen LogP contribution >= 0.6 is 23.8 Å². The zero-order valence-corrected chi connectivity index (χ0v) is 8.90. The minimum Gasteiger partial charge on any atom is -0.359 e. The Morgan fingerprint density at radius 2 is 2.36 bits per heavy atom. The summed E-state index contributed by atoms with van der Waals surface area (Å²) in [5, 5.41) is 5.97. The average molecular weight is 229 g/mol. The molecule has 2 heterocycles. The molecule has 0 radical (unpaired) electrons. The smallest absolute Gasteiger partial charge is 0.185 e. The van der Waals surface area contributed by atoms with E-state index in [1.54, 1.807) is 6.07 Å². The van der Waals surface area contributed by atoms with Gasteiger partial charge in [-0.25, -0.2) is 4.98 Å². The van der Waals surface area contributed by atoms with Gasteiger partial charge in [-0.2, -0.15) is 0 Å². The number of nitrogens with zero attached hydrogens (tertiary/aromatic N) is 2. The Bertz CT molecular complexity index is 357. The van der Waals surface area contributed by atoms with Gasteiger partial charge in [-0.3, -0.25) is 10.4 Å². The summed E-state index contributed by atoms with van der Waals surface area (Å²) < 4.78 is 0. The summed E-state index contributed by atoms with van der Waals surface area (Å²) in [7, 11) is 0.